The molecule has 0 spiro atoms. The number of hydrogen-bond donors (Lipinski definition) is 1. The number of ether oxygens (including phenoxy) is 1. The molecule has 0 aliphatic carbocycles. The second kappa shape index (κ2) is 5.14. The predicted molar refractivity (Wildman–Crippen MR) is 75.4 cm³/mol. The van der Waals surface area contributed by atoms with Gasteiger partial charge in [-0.25, -0.2) is 8.78 Å². The van der Waals surface area contributed by atoms with Gasteiger partial charge in [-0.05, 0) is 29.8 Å². The Kier molecular flexibility index (Phi) is 3.48. The second-order valence-corrected chi connectivity index (χ2v) is 5.72. The molecule has 2 N–H and O–H groups in total. The number of nitrogens with two attached hydrogens (primary N) is 1. The van der Waals surface area contributed by atoms with E-state index < -0.39 is 11.6 Å². The molecule has 2 unspecified atom stereocenters. The van der Waals surface area contributed by atoms with Gasteiger partial charge < -0.3 is 10.5 Å². The molecule has 0 fully saturated rings. The standard InChI is InChI=1S/C15H12BrF2NO/c16-9-2-3-10-13(19)7-14(20-15(10)6-9)8-1-4-11(17)12(18)5-8/h1-6,13-14H,7,19H2. The van der Waals surface area contributed by atoms with Crippen molar-refractivity contribution in [3.63, 3.8) is 0 Å². The normalized spacial score (nSPS) is 21.2. The van der Waals surface area contributed by atoms with Gasteiger partial charge in [0, 0.05) is 22.5 Å². The number of halogens is 3. The second-order valence-electron chi connectivity index (χ2n) is 4.80. The molecule has 0 amide bonds. The van der Waals surface area contributed by atoms with E-state index >= 15 is 0 Å². The molecule has 0 bridgehead atoms. The zero-order chi connectivity index (χ0) is 14.3. The van der Waals surface area contributed by atoms with Crippen molar-refractivity contribution in [2.75, 3.05) is 0 Å². The first-order valence-corrected chi connectivity index (χ1v) is 7.00. The van der Waals surface area contributed by atoms with Gasteiger partial charge in [-0.3, -0.25) is 0 Å². The van der Waals surface area contributed by atoms with Gasteiger partial charge >= 0.3 is 0 Å². The van der Waals surface area contributed by atoms with Crippen LogP contribution in [0, 0.1) is 11.6 Å². The van der Waals surface area contributed by atoms with Gasteiger partial charge in [-0.1, -0.05) is 28.1 Å². The number of benzene rings is 2. The Morgan fingerprint density at radius 1 is 1.10 bits per heavy atom. The average molecular weight is 340 g/mol. The van der Waals surface area contributed by atoms with Crippen molar-refractivity contribution >= 4 is 15.9 Å². The summed E-state index contributed by atoms with van der Waals surface area (Å²) in [4.78, 5) is 0. The topological polar surface area (TPSA) is 35.2 Å². The molecule has 2 aromatic rings. The minimum atomic E-state index is -0.875. The van der Waals surface area contributed by atoms with Crippen molar-refractivity contribution in [2.24, 2.45) is 5.73 Å². The van der Waals surface area contributed by atoms with Crippen molar-refractivity contribution in [3.8, 4) is 5.75 Å². The van der Waals surface area contributed by atoms with E-state index in [0.29, 0.717) is 17.7 Å². The molecular formula is C15H12BrF2NO. The molecule has 0 saturated heterocycles. The van der Waals surface area contributed by atoms with Crippen LogP contribution < -0.4 is 10.5 Å². The quantitative estimate of drug-likeness (QED) is 0.842. The molecule has 5 heteroatoms. The lowest BCUT2D eigenvalue weighted by atomic mass is 9.93. The van der Waals surface area contributed by atoms with Crippen LogP contribution in [0.4, 0.5) is 8.78 Å². The molecule has 2 aromatic carbocycles. The summed E-state index contributed by atoms with van der Waals surface area (Å²) in [7, 11) is 0. The first-order chi connectivity index (χ1) is 9.54. The minimum Gasteiger partial charge on any atom is -0.485 e. The van der Waals surface area contributed by atoms with E-state index in [1.807, 2.05) is 18.2 Å². The van der Waals surface area contributed by atoms with Crippen molar-refractivity contribution in [3.05, 3.63) is 63.6 Å². The summed E-state index contributed by atoms with van der Waals surface area (Å²) < 4.78 is 33.1. The third-order valence-corrected chi connectivity index (χ3v) is 3.92. The predicted octanol–water partition coefficient (Wildman–Crippen LogP) is 4.25. The molecule has 0 saturated carbocycles. The third kappa shape index (κ3) is 2.43. The molecule has 1 aliphatic rings. The summed E-state index contributed by atoms with van der Waals surface area (Å²) in [6.07, 6.45) is 0.154. The Hall–Kier alpha value is -1.46. The highest BCUT2D eigenvalue weighted by Crippen LogP contribution is 2.40. The molecular weight excluding hydrogens is 328 g/mol. The van der Waals surface area contributed by atoms with Crippen molar-refractivity contribution in [1.82, 2.24) is 0 Å². The Bertz CT molecular complexity index is 662. The fourth-order valence-corrected chi connectivity index (χ4v) is 2.73. The summed E-state index contributed by atoms with van der Waals surface area (Å²) in [6, 6.07) is 9.25. The van der Waals surface area contributed by atoms with Crippen LogP contribution in [0.2, 0.25) is 0 Å². The monoisotopic (exact) mass is 339 g/mol. The molecule has 3 rings (SSSR count). The molecule has 2 nitrogen and oxygen atoms in total. The van der Waals surface area contributed by atoms with E-state index in [4.69, 9.17) is 10.5 Å². The van der Waals surface area contributed by atoms with Crippen molar-refractivity contribution in [1.29, 1.82) is 0 Å². The van der Waals surface area contributed by atoms with Crippen LogP contribution in [0.15, 0.2) is 40.9 Å². The Morgan fingerprint density at radius 2 is 1.90 bits per heavy atom. The molecule has 0 radical (unpaired) electrons. The third-order valence-electron chi connectivity index (χ3n) is 3.43. The summed E-state index contributed by atoms with van der Waals surface area (Å²) in [5.74, 6) is -1.07. The number of hydrogen-bond acceptors (Lipinski definition) is 2. The highest BCUT2D eigenvalue weighted by molar-refractivity contribution is 9.10. The highest BCUT2D eigenvalue weighted by atomic mass is 79.9. The van der Waals surface area contributed by atoms with Gasteiger partial charge in [0.05, 0.1) is 0 Å². The Morgan fingerprint density at radius 3 is 2.65 bits per heavy atom. The van der Waals surface area contributed by atoms with Gasteiger partial charge in [0.2, 0.25) is 0 Å². The van der Waals surface area contributed by atoms with Crippen LogP contribution in [-0.2, 0) is 0 Å². The van der Waals surface area contributed by atoms with E-state index in [-0.39, 0.29) is 12.1 Å². The first-order valence-electron chi connectivity index (χ1n) is 6.21. The largest absolute Gasteiger partial charge is 0.485 e. The maximum Gasteiger partial charge on any atom is 0.159 e. The summed E-state index contributed by atoms with van der Waals surface area (Å²) in [5.41, 5.74) is 7.64. The van der Waals surface area contributed by atoms with Crippen LogP contribution in [0.3, 0.4) is 0 Å². The van der Waals surface area contributed by atoms with Gasteiger partial charge in [0.1, 0.15) is 11.9 Å². The van der Waals surface area contributed by atoms with E-state index in [9.17, 15) is 8.78 Å². The van der Waals surface area contributed by atoms with Crippen LogP contribution in [0.25, 0.3) is 0 Å². The van der Waals surface area contributed by atoms with Crippen molar-refractivity contribution in [2.45, 2.75) is 18.6 Å². The average Bonchev–Trinajstić information content (AvgIpc) is 2.41. The maximum atomic E-state index is 13.3. The molecule has 1 heterocycles. The Balaban J connectivity index is 1.96. The fourth-order valence-electron chi connectivity index (χ4n) is 2.39. The molecule has 1 aliphatic heterocycles. The number of fused-ring (bicyclic) bond motifs is 1. The van der Waals surface area contributed by atoms with E-state index in [1.165, 1.54) is 6.07 Å². The van der Waals surface area contributed by atoms with Gasteiger partial charge in [0.25, 0.3) is 0 Å². The molecule has 2 atom stereocenters. The highest BCUT2D eigenvalue weighted by Gasteiger charge is 2.27. The van der Waals surface area contributed by atoms with Gasteiger partial charge in [-0.15, -0.1) is 0 Å². The summed E-state index contributed by atoms with van der Waals surface area (Å²) >= 11 is 3.38. The van der Waals surface area contributed by atoms with Crippen LogP contribution >= 0.6 is 15.9 Å². The summed E-state index contributed by atoms with van der Waals surface area (Å²) in [5, 5.41) is 0. The maximum absolute atomic E-state index is 13.3. The lowest BCUT2D eigenvalue weighted by Gasteiger charge is -2.30. The fraction of sp³-hybridized carbons (Fsp3) is 0.200. The summed E-state index contributed by atoms with van der Waals surface area (Å²) in [6.45, 7) is 0. The van der Waals surface area contributed by atoms with E-state index in [0.717, 1.165) is 22.2 Å². The van der Waals surface area contributed by atoms with Crippen LogP contribution in [0.1, 0.15) is 29.7 Å². The zero-order valence-electron chi connectivity index (χ0n) is 10.4. The molecule has 0 aromatic heterocycles. The van der Waals surface area contributed by atoms with Gasteiger partial charge in [-0.2, -0.15) is 0 Å². The smallest absolute Gasteiger partial charge is 0.159 e. The first kappa shape index (κ1) is 13.5. The zero-order valence-corrected chi connectivity index (χ0v) is 12.0. The SMILES string of the molecule is NC1CC(c2ccc(F)c(F)c2)Oc2cc(Br)ccc21. The molecule has 20 heavy (non-hydrogen) atoms. The van der Waals surface area contributed by atoms with Crippen LogP contribution in [-0.4, -0.2) is 0 Å². The van der Waals surface area contributed by atoms with E-state index in [1.54, 1.807) is 0 Å². The lowest BCUT2D eigenvalue weighted by molar-refractivity contribution is 0.161. The Labute approximate surface area is 123 Å². The molecule has 104 valence electrons. The lowest BCUT2D eigenvalue weighted by Crippen LogP contribution is -2.24. The minimum absolute atomic E-state index is 0.190. The van der Waals surface area contributed by atoms with Gasteiger partial charge in [0.15, 0.2) is 11.6 Å². The van der Waals surface area contributed by atoms with Crippen LogP contribution in [0.5, 0.6) is 5.75 Å². The number of rotatable bonds is 1. The van der Waals surface area contributed by atoms with E-state index in [2.05, 4.69) is 15.9 Å². The van der Waals surface area contributed by atoms with Crippen molar-refractivity contribution < 1.29 is 13.5 Å².